The number of rotatable bonds is 3. The molecule has 2 heterocycles. The molecule has 0 saturated carbocycles. The molecule has 0 aromatic carbocycles. The van der Waals surface area contributed by atoms with Gasteiger partial charge in [-0.1, -0.05) is 0 Å². The number of aromatic nitrogens is 2. The van der Waals surface area contributed by atoms with E-state index in [1.807, 2.05) is 5.32 Å². The smallest absolute Gasteiger partial charge is 0.323 e. The minimum Gasteiger partial charge on any atom is -0.323 e. The zero-order valence-electron chi connectivity index (χ0n) is 10.8. The highest BCUT2D eigenvalue weighted by Gasteiger charge is 2.36. The minimum atomic E-state index is -4.80. The Hall–Kier alpha value is -2.22. The Bertz CT molecular complexity index is 706. The SMILES string of the molecule is O=C(CCl)Nc1ccc(-c2cncc(F)c2)nc1C(F)(F)F. The standard InChI is InChI=1S/C13H8ClF4N3O/c14-4-11(22)20-10-2-1-9(21-12(10)13(16,17)18)7-3-8(15)6-19-5-7/h1-3,5-6H,4H2,(H,20,22). The van der Waals surface area contributed by atoms with Crippen LogP contribution < -0.4 is 5.32 Å². The molecule has 0 bridgehead atoms. The Morgan fingerprint density at radius 3 is 2.59 bits per heavy atom. The van der Waals surface area contributed by atoms with Crippen LogP contribution in [0.4, 0.5) is 23.2 Å². The van der Waals surface area contributed by atoms with E-state index in [-0.39, 0.29) is 11.3 Å². The summed E-state index contributed by atoms with van der Waals surface area (Å²) in [5.41, 5.74) is -1.86. The fraction of sp³-hybridized carbons (Fsp3) is 0.154. The highest BCUT2D eigenvalue weighted by atomic mass is 35.5. The molecule has 1 N–H and O–H groups in total. The van der Waals surface area contributed by atoms with Crippen LogP contribution in [-0.2, 0) is 11.0 Å². The summed E-state index contributed by atoms with van der Waals surface area (Å²) in [5.74, 6) is -1.99. The van der Waals surface area contributed by atoms with Crippen LogP contribution in [0.1, 0.15) is 5.69 Å². The van der Waals surface area contributed by atoms with E-state index in [1.165, 1.54) is 12.3 Å². The van der Waals surface area contributed by atoms with Gasteiger partial charge in [0, 0.05) is 11.8 Å². The predicted octanol–water partition coefficient (Wildman–Crippen LogP) is 3.48. The molecule has 0 spiro atoms. The van der Waals surface area contributed by atoms with Crippen LogP contribution >= 0.6 is 11.6 Å². The quantitative estimate of drug-likeness (QED) is 0.691. The number of nitrogens with one attached hydrogen (secondary N) is 1. The Kier molecular flexibility index (Phi) is 4.60. The van der Waals surface area contributed by atoms with Crippen molar-refractivity contribution >= 4 is 23.2 Å². The van der Waals surface area contributed by atoms with Crippen molar-refractivity contribution in [3.05, 3.63) is 42.1 Å². The summed E-state index contributed by atoms with van der Waals surface area (Å²) in [7, 11) is 0. The van der Waals surface area contributed by atoms with Gasteiger partial charge in [-0.25, -0.2) is 9.37 Å². The van der Waals surface area contributed by atoms with Crippen molar-refractivity contribution in [2.45, 2.75) is 6.18 Å². The van der Waals surface area contributed by atoms with E-state index >= 15 is 0 Å². The third-order valence-corrected chi connectivity index (χ3v) is 2.80. The molecule has 116 valence electrons. The molecule has 0 unspecified atom stereocenters. The molecule has 0 aliphatic carbocycles. The second-order valence-electron chi connectivity index (χ2n) is 4.16. The van der Waals surface area contributed by atoms with Gasteiger partial charge in [0.2, 0.25) is 5.91 Å². The highest BCUT2D eigenvalue weighted by Crippen LogP contribution is 2.35. The minimum absolute atomic E-state index is 0.0840. The summed E-state index contributed by atoms with van der Waals surface area (Å²) in [4.78, 5) is 18.2. The molecule has 4 nitrogen and oxygen atoms in total. The summed E-state index contributed by atoms with van der Waals surface area (Å²) in [6, 6.07) is 3.25. The van der Waals surface area contributed by atoms with Gasteiger partial charge in [0.05, 0.1) is 17.6 Å². The first kappa shape index (κ1) is 16.2. The van der Waals surface area contributed by atoms with Crippen molar-refractivity contribution in [2.24, 2.45) is 0 Å². The fourth-order valence-corrected chi connectivity index (χ4v) is 1.74. The fourth-order valence-electron chi connectivity index (χ4n) is 1.67. The van der Waals surface area contributed by atoms with Crippen molar-refractivity contribution in [1.82, 2.24) is 9.97 Å². The van der Waals surface area contributed by atoms with Crippen LogP contribution in [0, 0.1) is 5.82 Å². The van der Waals surface area contributed by atoms with Gasteiger partial charge in [0.1, 0.15) is 11.7 Å². The second kappa shape index (κ2) is 6.27. The second-order valence-corrected chi connectivity index (χ2v) is 4.43. The van der Waals surface area contributed by atoms with Gasteiger partial charge in [-0.15, -0.1) is 11.6 Å². The van der Waals surface area contributed by atoms with E-state index < -0.39 is 35.2 Å². The molecule has 9 heteroatoms. The number of pyridine rings is 2. The van der Waals surface area contributed by atoms with E-state index in [9.17, 15) is 22.4 Å². The molecule has 0 fully saturated rings. The molecule has 2 rings (SSSR count). The topological polar surface area (TPSA) is 54.9 Å². The normalized spacial score (nSPS) is 11.3. The third kappa shape index (κ3) is 3.70. The molecule has 2 aromatic heterocycles. The molecule has 0 atom stereocenters. The number of nitrogens with zero attached hydrogens (tertiary/aromatic N) is 2. The summed E-state index contributed by atoms with van der Waals surface area (Å²) in [5, 5.41) is 2.01. The first-order valence-corrected chi connectivity index (χ1v) is 6.39. The lowest BCUT2D eigenvalue weighted by atomic mass is 10.1. The summed E-state index contributed by atoms with van der Waals surface area (Å²) in [6.07, 6.45) is -2.70. The maximum atomic E-state index is 13.1. The number of amides is 1. The molecular weight excluding hydrogens is 326 g/mol. The number of anilines is 1. The van der Waals surface area contributed by atoms with Crippen molar-refractivity contribution in [1.29, 1.82) is 0 Å². The van der Waals surface area contributed by atoms with Crippen molar-refractivity contribution in [3.8, 4) is 11.3 Å². The summed E-state index contributed by atoms with van der Waals surface area (Å²) in [6.45, 7) is 0. The maximum absolute atomic E-state index is 13.1. The van der Waals surface area contributed by atoms with Gasteiger partial charge in [0.25, 0.3) is 0 Å². The van der Waals surface area contributed by atoms with E-state index in [0.717, 1.165) is 18.3 Å². The number of carbonyl (C=O) groups excluding carboxylic acids is 1. The average Bonchev–Trinajstić information content (AvgIpc) is 2.46. The predicted molar refractivity (Wildman–Crippen MR) is 71.8 cm³/mol. The van der Waals surface area contributed by atoms with Crippen LogP contribution in [-0.4, -0.2) is 21.8 Å². The largest absolute Gasteiger partial charge is 0.435 e. The monoisotopic (exact) mass is 333 g/mol. The molecule has 22 heavy (non-hydrogen) atoms. The van der Waals surface area contributed by atoms with E-state index in [0.29, 0.717) is 0 Å². The zero-order valence-corrected chi connectivity index (χ0v) is 11.5. The maximum Gasteiger partial charge on any atom is 0.435 e. The first-order valence-electron chi connectivity index (χ1n) is 5.86. The molecule has 2 aromatic rings. The first-order chi connectivity index (χ1) is 10.3. The van der Waals surface area contributed by atoms with Crippen LogP contribution in [0.5, 0.6) is 0 Å². The number of carbonyl (C=O) groups is 1. The van der Waals surface area contributed by atoms with Crippen LogP contribution in [0.3, 0.4) is 0 Å². The summed E-state index contributed by atoms with van der Waals surface area (Å²) >= 11 is 5.25. The van der Waals surface area contributed by atoms with Crippen LogP contribution in [0.25, 0.3) is 11.3 Å². The Morgan fingerprint density at radius 2 is 2.00 bits per heavy atom. The van der Waals surface area contributed by atoms with E-state index in [1.54, 1.807) is 0 Å². The van der Waals surface area contributed by atoms with E-state index in [2.05, 4.69) is 9.97 Å². The zero-order chi connectivity index (χ0) is 16.3. The van der Waals surface area contributed by atoms with Gasteiger partial charge in [0.15, 0.2) is 5.69 Å². The molecular formula is C13H8ClF4N3O. The van der Waals surface area contributed by atoms with Crippen LogP contribution in [0.2, 0.25) is 0 Å². The molecule has 1 amide bonds. The third-order valence-electron chi connectivity index (χ3n) is 2.56. The van der Waals surface area contributed by atoms with Gasteiger partial charge >= 0.3 is 6.18 Å². The molecule has 0 aliphatic rings. The highest BCUT2D eigenvalue weighted by molar-refractivity contribution is 6.29. The van der Waals surface area contributed by atoms with Crippen LogP contribution in [0.15, 0.2) is 30.6 Å². The lowest BCUT2D eigenvalue weighted by molar-refractivity contribution is -0.140. The number of hydrogen-bond acceptors (Lipinski definition) is 3. The lowest BCUT2D eigenvalue weighted by Gasteiger charge is -2.14. The van der Waals surface area contributed by atoms with Gasteiger partial charge in [-0.3, -0.25) is 9.78 Å². The molecule has 0 saturated heterocycles. The number of alkyl halides is 4. The summed E-state index contributed by atoms with van der Waals surface area (Å²) < 4.78 is 52.2. The van der Waals surface area contributed by atoms with Crippen molar-refractivity contribution in [2.75, 3.05) is 11.2 Å². The number of hydrogen-bond donors (Lipinski definition) is 1. The number of halogens is 5. The average molecular weight is 334 g/mol. The molecule has 0 aliphatic heterocycles. The van der Waals surface area contributed by atoms with Gasteiger partial charge in [-0.2, -0.15) is 13.2 Å². The van der Waals surface area contributed by atoms with Gasteiger partial charge in [-0.05, 0) is 18.2 Å². The van der Waals surface area contributed by atoms with Gasteiger partial charge < -0.3 is 5.32 Å². The van der Waals surface area contributed by atoms with Crippen molar-refractivity contribution in [3.63, 3.8) is 0 Å². The Morgan fingerprint density at radius 1 is 1.27 bits per heavy atom. The Balaban J connectivity index is 2.50. The van der Waals surface area contributed by atoms with E-state index in [4.69, 9.17) is 11.6 Å². The lowest BCUT2D eigenvalue weighted by Crippen LogP contribution is -2.18. The molecule has 0 radical (unpaired) electrons. The van der Waals surface area contributed by atoms with Crippen molar-refractivity contribution < 1.29 is 22.4 Å². The Labute approximate surface area is 127 Å².